The highest BCUT2D eigenvalue weighted by Crippen LogP contribution is 2.42. The van der Waals surface area contributed by atoms with E-state index in [0.717, 1.165) is 70.8 Å². The maximum absolute atomic E-state index is 12.7. The van der Waals surface area contributed by atoms with Crippen molar-refractivity contribution in [3.8, 4) is 0 Å². The van der Waals surface area contributed by atoms with E-state index in [2.05, 4.69) is 79.9 Å². The SMILES string of the molecule is CC/C=C\C/C=C\C/C=C\CCCCCCCCC1(CCCCCCCC/C=C\C/C=C\CCCCC)OCC2(CCC(C(=O)OCCN(C)C)NC2)O1. The predicted octanol–water partition coefficient (Wildman–Crippen LogP) is 12.5. The van der Waals surface area contributed by atoms with E-state index in [0.29, 0.717) is 19.8 Å². The van der Waals surface area contributed by atoms with Gasteiger partial charge in [0.05, 0.1) is 6.61 Å². The van der Waals surface area contributed by atoms with Crippen molar-refractivity contribution < 1.29 is 19.0 Å². The molecule has 0 aliphatic carbocycles. The standard InChI is InChI=1S/C48H84N2O4/c1-5-7-9-11-13-15-17-19-21-23-25-27-29-31-33-35-38-48(39-36-34-32-30-28-26-24-22-20-18-16-14-12-10-8-6-2)53-44-47(54-48)40-37-45(49-43-47)46(51)52-42-41-50(3)4/h7,9,13-16,19-22,45,49H,5-6,8,10-12,17-18,23-44H2,1-4H3/b9-7-,15-13-,16-14-,21-19-,22-20-. The summed E-state index contributed by atoms with van der Waals surface area (Å²) in [6.45, 7) is 6.87. The summed E-state index contributed by atoms with van der Waals surface area (Å²) in [6.07, 6.45) is 53.5. The minimum Gasteiger partial charge on any atom is -0.463 e. The number of carbonyl (C=O) groups is 1. The number of allylic oxidation sites excluding steroid dienone is 10. The maximum atomic E-state index is 12.7. The topological polar surface area (TPSA) is 60.0 Å². The molecule has 2 rings (SSSR count). The Morgan fingerprint density at radius 3 is 1.69 bits per heavy atom. The summed E-state index contributed by atoms with van der Waals surface area (Å²) in [5, 5.41) is 3.46. The van der Waals surface area contributed by atoms with E-state index < -0.39 is 5.79 Å². The van der Waals surface area contributed by atoms with Crippen molar-refractivity contribution in [1.82, 2.24) is 10.2 Å². The van der Waals surface area contributed by atoms with Crippen molar-refractivity contribution in [1.29, 1.82) is 0 Å². The van der Waals surface area contributed by atoms with Crippen LogP contribution < -0.4 is 5.32 Å². The Balaban J connectivity index is 1.69. The predicted molar refractivity (Wildman–Crippen MR) is 231 cm³/mol. The molecule has 2 fully saturated rings. The molecule has 6 heteroatoms. The molecule has 3 unspecified atom stereocenters. The van der Waals surface area contributed by atoms with Gasteiger partial charge < -0.3 is 24.4 Å². The molecule has 6 nitrogen and oxygen atoms in total. The van der Waals surface area contributed by atoms with Crippen LogP contribution in [0.15, 0.2) is 60.8 Å². The Bertz CT molecular complexity index is 1050. The summed E-state index contributed by atoms with van der Waals surface area (Å²) >= 11 is 0. The Morgan fingerprint density at radius 1 is 0.685 bits per heavy atom. The molecule has 0 aromatic carbocycles. The van der Waals surface area contributed by atoms with Crippen molar-refractivity contribution in [3.05, 3.63) is 60.8 Å². The second kappa shape index (κ2) is 32.1. The Hall–Kier alpha value is -1.99. The first-order chi connectivity index (χ1) is 26.4. The third-order valence-corrected chi connectivity index (χ3v) is 10.8. The number of nitrogens with one attached hydrogen (secondary N) is 1. The molecule has 2 saturated heterocycles. The van der Waals surface area contributed by atoms with E-state index >= 15 is 0 Å². The third kappa shape index (κ3) is 23.8. The zero-order chi connectivity index (χ0) is 38.8. The number of esters is 1. The van der Waals surface area contributed by atoms with Crippen molar-refractivity contribution in [3.63, 3.8) is 0 Å². The quantitative estimate of drug-likeness (QED) is 0.0409. The number of hydrogen-bond acceptors (Lipinski definition) is 6. The lowest BCUT2D eigenvalue weighted by molar-refractivity contribution is -0.201. The van der Waals surface area contributed by atoms with Crippen LogP contribution >= 0.6 is 0 Å². The zero-order valence-electron chi connectivity index (χ0n) is 35.6. The minimum absolute atomic E-state index is 0.141. The number of piperidine rings is 1. The second-order valence-corrected chi connectivity index (χ2v) is 16.2. The molecule has 0 radical (unpaired) electrons. The number of carbonyl (C=O) groups excluding carboxylic acids is 1. The molecule has 1 spiro atoms. The first-order valence-corrected chi connectivity index (χ1v) is 22.6. The number of likely N-dealkylation sites (N-methyl/N-ethyl adjacent to an activating group) is 1. The van der Waals surface area contributed by atoms with Crippen LogP contribution in [0.3, 0.4) is 0 Å². The van der Waals surface area contributed by atoms with Gasteiger partial charge in [-0.25, -0.2) is 0 Å². The first-order valence-electron chi connectivity index (χ1n) is 22.6. The van der Waals surface area contributed by atoms with E-state index in [4.69, 9.17) is 14.2 Å². The number of rotatable bonds is 33. The highest BCUT2D eigenvalue weighted by atomic mass is 16.8. The summed E-state index contributed by atoms with van der Waals surface area (Å²) in [4.78, 5) is 14.7. The normalized spacial score (nSPS) is 22.2. The van der Waals surface area contributed by atoms with E-state index in [9.17, 15) is 4.79 Å². The van der Waals surface area contributed by atoms with Crippen LogP contribution in [-0.2, 0) is 19.0 Å². The summed E-state index contributed by atoms with van der Waals surface area (Å²) in [5.74, 6) is -0.626. The number of ether oxygens (including phenoxy) is 3. The van der Waals surface area contributed by atoms with Crippen LogP contribution in [0.4, 0.5) is 0 Å². The van der Waals surface area contributed by atoms with Gasteiger partial charge in [0.2, 0.25) is 0 Å². The van der Waals surface area contributed by atoms with E-state index in [1.54, 1.807) is 0 Å². The van der Waals surface area contributed by atoms with Gasteiger partial charge in [-0.15, -0.1) is 0 Å². The summed E-state index contributed by atoms with van der Waals surface area (Å²) in [6, 6.07) is -0.255. The first kappa shape index (κ1) is 48.2. The molecular weight excluding hydrogens is 669 g/mol. The average molecular weight is 753 g/mol. The third-order valence-electron chi connectivity index (χ3n) is 10.8. The van der Waals surface area contributed by atoms with Crippen LogP contribution in [0, 0.1) is 0 Å². The van der Waals surface area contributed by atoms with Gasteiger partial charge >= 0.3 is 5.97 Å². The fraction of sp³-hybridized carbons (Fsp3) is 0.771. The van der Waals surface area contributed by atoms with Crippen molar-refractivity contribution in [2.75, 3.05) is 40.4 Å². The number of unbranched alkanes of at least 4 members (excludes halogenated alkanes) is 15. The molecule has 310 valence electrons. The number of hydrogen-bond donors (Lipinski definition) is 1. The molecule has 0 aromatic heterocycles. The average Bonchev–Trinajstić information content (AvgIpc) is 3.51. The zero-order valence-corrected chi connectivity index (χ0v) is 35.6. The van der Waals surface area contributed by atoms with Crippen LogP contribution in [0.2, 0.25) is 0 Å². The van der Waals surface area contributed by atoms with Crippen LogP contribution in [-0.4, -0.2) is 68.7 Å². The molecule has 0 saturated carbocycles. The Morgan fingerprint density at radius 2 is 1.19 bits per heavy atom. The van der Waals surface area contributed by atoms with Gasteiger partial charge in [0.1, 0.15) is 18.2 Å². The van der Waals surface area contributed by atoms with Crippen molar-refractivity contribution in [2.45, 2.75) is 198 Å². The Labute approximate surface area is 333 Å². The van der Waals surface area contributed by atoms with Gasteiger partial charge in [0.25, 0.3) is 0 Å². The van der Waals surface area contributed by atoms with Crippen LogP contribution in [0.5, 0.6) is 0 Å². The fourth-order valence-corrected chi connectivity index (χ4v) is 7.41. The van der Waals surface area contributed by atoms with Gasteiger partial charge in [-0.1, -0.05) is 139 Å². The van der Waals surface area contributed by atoms with E-state index in [1.807, 2.05) is 19.0 Å². The van der Waals surface area contributed by atoms with Crippen LogP contribution in [0.1, 0.15) is 181 Å². The molecule has 2 aliphatic heterocycles. The van der Waals surface area contributed by atoms with Crippen molar-refractivity contribution >= 4 is 5.97 Å². The van der Waals surface area contributed by atoms with Gasteiger partial charge in [-0.05, 0) is 104 Å². The molecule has 0 aromatic rings. The lowest BCUT2D eigenvalue weighted by Gasteiger charge is -2.38. The fourth-order valence-electron chi connectivity index (χ4n) is 7.41. The molecule has 2 aliphatic rings. The number of nitrogens with zero attached hydrogens (tertiary/aromatic N) is 1. The second-order valence-electron chi connectivity index (χ2n) is 16.2. The monoisotopic (exact) mass is 753 g/mol. The molecule has 1 N–H and O–H groups in total. The molecular formula is C48H84N2O4. The summed E-state index contributed by atoms with van der Waals surface area (Å²) < 4.78 is 19.2. The smallest absolute Gasteiger partial charge is 0.323 e. The summed E-state index contributed by atoms with van der Waals surface area (Å²) in [5.41, 5.74) is -0.339. The molecule has 2 heterocycles. The van der Waals surface area contributed by atoms with Gasteiger partial charge in [-0.2, -0.15) is 0 Å². The highest BCUT2D eigenvalue weighted by Gasteiger charge is 2.51. The Kier molecular flexibility index (Phi) is 28.7. The lowest BCUT2D eigenvalue weighted by Crippen LogP contribution is -2.55. The van der Waals surface area contributed by atoms with Gasteiger partial charge in [0, 0.05) is 25.9 Å². The van der Waals surface area contributed by atoms with Gasteiger partial charge in [-0.3, -0.25) is 4.79 Å². The van der Waals surface area contributed by atoms with E-state index in [1.165, 1.54) is 103 Å². The lowest BCUT2D eigenvalue weighted by atomic mass is 9.90. The molecule has 0 bridgehead atoms. The van der Waals surface area contributed by atoms with Gasteiger partial charge in [0.15, 0.2) is 5.79 Å². The largest absolute Gasteiger partial charge is 0.463 e. The maximum Gasteiger partial charge on any atom is 0.323 e. The minimum atomic E-state index is -0.485. The van der Waals surface area contributed by atoms with E-state index in [-0.39, 0.29) is 17.6 Å². The molecule has 3 atom stereocenters. The molecule has 0 amide bonds. The molecule has 54 heavy (non-hydrogen) atoms. The van der Waals surface area contributed by atoms with Crippen molar-refractivity contribution in [2.24, 2.45) is 0 Å². The summed E-state index contributed by atoms with van der Waals surface area (Å²) in [7, 11) is 3.98. The van der Waals surface area contributed by atoms with Crippen LogP contribution in [0.25, 0.3) is 0 Å². The highest BCUT2D eigenvalue weighted by molar-refractivity contribution is 5.76.